The lowest BCUT2D eigenvalue weighted by molar-refractivity contribution is -0.133. The highest BCUT2D eigenvalue weighted by molar-refractivity contribution is 6.52. The van der Waals surface area contributed by atoms with Crippen molar-refractivity contribution in [3.05, 3.63) is 35.4 Å². The van der Waals surface area contributed by atoms with Gasteiger partial charge in [0.15, 0.2) is 0 Å². The van der Waals surface area contributed by atoms with Crippen LogP contribution in [0.2, 0.25) is 5.21 Å². The maximum absolute atomic E-state index is 12.5. The minimum atomic E-state index is -2.04. The van der Waals surface area contributed by atoms with Gasteiger partial charge in [-0.3, -0.25) is 29.4 Å². The van der Waals surface area contributed by atoms with E-state index < -0.39 is 34.3 Å². The summed E-state index contributed by atoms with van der Waals surface area (Å²) < 4.78 is 0. The molecule has 1 saturated heterocycles. The van der Waals surface area contributed by atoms with Crippen LogP contribution < -0.4 is 5.32 Å². The second kappa shape index (κ2) is 4.84. The molecule has 6 radical (unpaired) electrons. The molecule has 2 aliphatic heterocycles. The Hall–Kier alpha value is -2.31. The average Bonchev–Trinajstić information content (AvgIpc) is 2.73. The summed E-state index contributed by atoms with van der Waals surface area (Å²) in [4.78, 5) is 49.8. The smallest absolute Gasteiger partial charge is 0.261 e. The molecule has 9 heteroatoms. The normalized spacial score (nSPS) is 26.7. The highest BCUT2D eigenvalue weighted by Gasteiger charge is 2.52. The predicted octanol–water partition coefficient (Wildman–Crippen LogP) is -0.963. The van der Waals surface area contributed by atoms with E-state index in [9.17, 15) is 19.2 Å². The van der Waals surface area contributed by atoms with Crippen LogP contribution in [0.25, 0.3) is 0 Å². The lowest BCUT2D eigenvalue weighted by Gasteiger charge is -2.35. The summed E-state index contributed by atoms with van der Waals surface area (Å²) in [7, 11) is 17.3. The minimum Gasteiger partial charge on any atom is -0.296 e. The summed E-state index contributed by atoms with van der Waals surface area (Å²) in [5.41, 5.74) is -1.74. The lowest BCUT2D eigenvalue weighted by Crippen LogP contribution is -2.61. The Kier molecular flexibility index (Phi) is 3.28. The molecule has 0 unspecified atom stereocenters. The lowest BCUT2D eigenvalue weighted by atomic mass is 9.51. The largest absolute Gasteiger partial charge is 0.296 e. The summed E-state index contributed by atoms with van der Waals surface area (Å²) in [6.45, 7) is 0. The van der Waals surface area contributed by atoms with Crippen LogP contribution in [0, 0.1) is 0 Å². The third-order valence-corrected chi connectivity index (χ3v) is 4.16. The molecule has 1 aromatic rings. The molecule has 0 spiro atoms. The zero-order valence-electron chi connectivity index (χ0n) is 12.0. The monoisotopic (exact) mass is 302 g/mol. The Morgan fingerprint density at radius 2 is 1.39 bits per heavy atom. The first-order valence-corrected chi connectivity index (χ1v) is 6.89. The van der Waals surface area contributed by atoms with Crippen molar-refractivity contribution in [1.82, 2.24) is 10.2 Å². The average molecular weight is 302 g/mol. The number of imide groups is 2. The molecule has 1 aromatic carbocycles. The van der Waals surface area contributed by atoms with E-state index in [0.29, 0.717) is 4.90 Å². The fourth-order valence-corrected chi connectivity index (χ4v) is 2.72. The number of nitrogens with one attached hydrogen (secondary N) is 1. The summed E-state index contributed by atoms with van der Waals surface area (Å²) in [6.07, 6.45) is -0.405. The summed E-state index contributed by atoms with van der Waals surface area (Å²) in [5, 5.41) is 0.158. The van der Waals surface area contributed by atoms with E-state index in [4.69, 9.17) is 23.5 Å². The maximum Gasteiger partial charge on any atom is 0.261 e. The van der Waals surface area contributed by atoms with Gasteiger partial charge < -0.3 is 0 Å². The molecule has 1 fully saturated rings. The fourth-order valence-electron chi connectivity index (χ4n) is 2.72. The second-order valence-electron chi connectivity index (χ2n) is 5.74. The first-order chi connectivity index (χ1) is 10.7. The Balaban J connectivity index is 2.04. The number of hydrogen-bond donors (Lipinski definition) is 1. The second-order valence-corrected chi connectivity index (χ2v) is 5.74. The van der Waals surface area contributed by atoms with Crippen molar-refractivity contribution >= 4 is 47.2 Å². The molecule has 108 valence electrons. The van der Waals surface area contributed by atoms with Crippen molar-refractivity contribution < 1.29 is 19.2 Å². The molecule has 1 N–H and O–H groups in total. The van der Waals surface area contributed by atoms with Gasteiger partial charge in [-0.05, 0) is 23.8 Å². The number of carbonyl (C=O) groups is 4. The number of nitrogens with zero attached hydrogens (tertiary/aromatic N) is 1. The van der Waals surface area contributed by atoms with Crippen molar-refractivity contribution in [2.75, 3.05) is 0 Å². The molecule has 2 heterocycles. The van der Waals surface area contributed by atoms with E-state index in [0.717, 1.165) is 0 Å². The van der Waals surface area contributed by atoms with Crippen LogP contribution in [-0.2, 0) is 9.59 Å². The van der Waals surface area contributed by atoms with E-state index in [2.05, 4.69) is 0 Å². The molecule has 1 atom stereocenters. The molecule has 6 nitrogen and oxygen atoms in total. The highest BCUT2D eigenvalue weighted by Crippen LogP contribution is 2.36. The first-order valence-electron chi connectivity index (χ1n) is 6.89. The van der Waals surface area contributed by atoms with Gasteiger partial charge in [0.2, 0.25) is 11.8 Å². The number of amides is 4. The van der Waals surface area contributed by atoms with Gasteiger partial charge in [-0.15, -0.1) is 0 Å². The van der Waals surface area contributed by atoms with Crippen LogP contribution in [0.4, 0.5) is 0 Å². The molecule has 0 bridgehead atoms. The molecular formula is C14H9B3N2O4. The highest BCUT2D eigenvalue weighted by atomic mass is 16.2. The quantitative estimate of drug-likeness (QED) is 0.535. The van der Waals surface area contributed by atoms with Gasteiger partial charge >= 0.3 is 0 Å². The van der Waals surface area contributed by atoms with E-state index in [1.807, 2.05) is 5.32 Å². The predicted molar refractivity (Wildman–Crippen MR) is 82.0 cm³/mol. The molecular weight excluding hydrogens is 293 g/mol. The SMILES string of the molecule is [B]C1([B])CC[C@@]([B])(N2C(=O)c3ccccc3C2=O)C(=O)NC1=O. The number of benzene rings is 1. The fraction of sp³-hybridized carbons (Fsp3) is 0.286. The Bertz CT molecular complexity index is 729. The number of carbonyl (C=O) groups excluding carboxylic acids is 4. The number of rotatable bonds is 1. The first kappa shape index (κ1) is 15.6. The van der Waals surface area contributed by atoms with Crippen LogP contribution in [0.15, 0.2) is 24.3 Å². The van der Waals surface area contributed by atoms with Crippen molar-refractivity contribution in [3.63, 3.8) is 0 Å². The van der Waals surface area contributed by atoms with Crippen molar-refractivity contribution in [1.29, 1.82) is 0 Å². The summed E-state index contributed by atoms with van der Waals surface area (Å²) in [6, 6.07) is 6.13. The van der Waals surface area contributed by atoms with Gasteiger partial charge in [-0.2, -0.15) is 0 Å². The van der Waals surface area contributed by atoms with Gasteiger partial charge in [0.1, 0.15) is 7.85 Å². The number of hydrogen-bond acceptors (Lipinski definition) is 4. The van der Waals surface area contributed by atoms with Crippen LogP contribution in [-0.4, -0.2) is 57.5 Å². The molecule has 4 amide bonds. The number of fused-ring (bicyclic) bond motifs is 1. The zero-order chi connectivity index (χ0) is 17.0. The minimum absolute atomic E-state index is 0.150. The Labute approximate surface area is 136 Å². The zero-order valence-corrected chi connectivity index (χ0v) is 12.0. The van der Waals surface area contributed by atoms with Crippen LogP contribution >= 0.6 is 0 Å². The molecule has 2 aliphatic rings. The van der Waals surface area contributed by atoms with E-state index in [-0.39, 0.29) is 24.0 Å². The third-order valence-electron chi connectivity index (χ3n) is 4.16. The summed E-state index contributed by atoms with van der Waals surface area (Å²) >= 11 is 0. The van der Waals surface area contributed by atoms with Crippen LogP contribution in [0.3, 0.4) is 0 Å². The Morgan fingerprint density at radius 1 is 0.870 bits per heavy atom. The molecule has 0 aromatic heterocycles. The van der Waals surface area contributed by atoms with E-state index >= 15 is 0 Å². The van der Waals surface area contributed by atoms with Crippen molar-refractivity contribution in [2.24, 2.45) is 0 Å². The van der Waals surface area contributed by atoms with Gasteiger partial charge in [0.05, 0.1) is 32.3 Å². The van der Waals surface area contributed by atoms with Gasteiger partial charge in [-0.1, -0.05) is 18.6 Å². The molecule has 3 rings (SSSR count). The molecule has 23 heavy (non-hydrogen) atoms. The van der Waals surface area contributed by atoms with Crippen LogP contribution in [0.1, 0.15) is 33.6 Å². The Morgan fingerprint density at radius 3 is 1.91 bits per heavy atom. The van der Waals surface area contributed by atoms with Crippen LogP contribution in [0.5, 0.6) is 0 Å². The summed E-state index contributed by atoms with van der Waals surface area (Å²) in [5.74, 6) is -3.30. The van der Waals surface area contributed by atoms with Crippen molar-refractivity contribution in [2.45, 2.75) is 23.5 Å². The molecule has 0 aliphatic carbocycles. The topological polar surface area (TPSA) is 83.6 Å². The van der Waals surface area contributed by atoms with Crippen molar-refractivity contribution in [3.8, 4) is 0 Å². The van der Waals surface area contributed by atoms with Gasteiger partial charge in [0, 0.05) is 0 Å². The van der Waals surface area contributed by atoms with E-state index in [1.165, 1.54) is 12.1 Å². The molecule has 0 saturated carbocycles. The maximum atomic E-state index is 12.5. The third kappa shape index (κ3) is 2.14. The van der Waals surface area contributed by atoms with Gasteiger partial charge in [0.25, 0.3) is 11.8 Å². The standard InChI is InChI=1S/C14H9B3N2O4/c15-13(16)5-6-14(17,12(23)18-11(13)22)19-9(20)7-3-1-2-4-8(7)10(19)21/h1-4H,5-6H2,(H,18,22,23)/t14-/m1/s1. The van der Waals surface area contributed by atoms with E-state index in [1.54, 1.807) is 12.1 Å². The van der Waals surface area contributed by atoms with Gasteiger partial charge in [-0.25, -0.2) is 0 Å².